The van der Waals surface area contributed by atoms with Gasteiger partial charge in [0.2, 0.25) is 0 Å². The van der Waals surface area contributed by atoms with E-state index in [1.165, 1.54) is 18.3 Å². The summed E-state index contributed by atoms with van der Waals surface area (Å²) in [6.45, 7) is 3.74. The van der Waals surface area contributed by atoms with Crippen LogP contribution in [0.1, 0.15) is 72.6 Å². The van der Waals surface area contributed by atoms with Gasteiger partial charge in [0, 0.05) is 37.4 Å². The van der Waals surface area contributed by atoms with E-state index in [1.807, 2.05) is 0 Å². The predicted molar refractivity (Wildman–Crippen MR) is 151 cm³/mol. The van der Waals surface area contributed by atoms with Gasteiger partial charge >= 0.3 is 6.01 Å². The van der Waals surface area contributed by atoms with E-state index in [0.717, 1.165) is 12.8 Å². The van der Waals surface area contributed by atoms with E-state index < -0.39 is 17.4 Å². The van der Waals surface area contributed by atoms with Crippen molar-refractivity contribution < 1.29 is 27.8 Å². The summed E-state index contributed by atoms with van der Waals surface area (Å²) in [7, 11) is 1.57. The number of amides is 2. The first-order valence-electron chi connectivity index (χ1n) is 13.8. The molecule has 1 saturated carbocycles. The Kier molecular flexibility index (Phi) is 8.01. The smallest absolute Gasteiger partial charge is 0.316 e. The van der Waals surface area contributed by atoms with Crippen molar-refractivity contribution in [3.8, 4) is 17.9 Å². The SMILES string of the molecule is CC#CC(=O)N1C[C@H](OC)C[C@H]1COc1nccc(C2(F)CC=C(C)C(c3c(C4CC4)ccc(C(N)=O)c3F)=C2N)n1. The molecule has 2 heterocycles. The molecule has 0 radical (unpaired) electrons. The molecule has 2 amide bonds. The van der Waals surface area contributed by atoms with Gasteiger partial charge in [0.25, 0.3) is 11.8 Å². The molecule has 0 bridgehead atoms. The number of likely N-dealkylation sites (tertiary alicyclic amines) is 1. The minimum Gasteiger partial charge on any atom is -0.461 e. The van der Waals surface area contributed by atoms with E-state index >= 15 is 8.78 Å². The molecule has 4 N–H and O–H groups in total. The third-order valence-corrected chi connectivity index (χ3v) is 8.13. The molecule has 2 fully saturated rings. The second-order valence-electron chi connectivity index (χ2n) is 10.8. The van der Waals surface area contributed by atoms with Crippen LogP contribution in [0.25, 0.3) is 5.57 Å². The molecule has 0 spiro atoms. The number of methoxy groups -OCH3 is 1. The van der Waals surface area contributed by atoms with Crippen LogP contribution in [0.5, 0.6) is 6.01 Å². The number of nitrogens with two attached hydrogens (primary N) is 2. The number of carbonyl (C=O) groups excluding carboxylic acids is 2. The van der Waals surface area contributed by atoms with E-state index in [0.29, 0.717) is 24.1 Å². The van der Waals surface area contributed by atoms with Crippen LogP contribution in [0, 0.1) is 17.7 Å². The maximum Gasteiger partial charge on any atom is 0.316 e. The molecule has 3 aliphatic rings. The zero-order chi connectivity index (χ0) is 30.2. The lowest BCUT2D eigenvalue weighted by molar-refractivity contribution is -0.126. The summed E-state index contributed by atoms with van der Waals surface area (Å²) in [6, 6.07) is 4.00. The van der Waals surface area contributed by atoms with Gasteiger partial charge in [-0.05, 0) is 68.2 Å². The molecule has 9 nitrogen and oxygen atoms in total. The molecule has 1 aromatic heterocycles. The van der Waals surface area contributed by atoms with Crippen molar-refractivity contribution >= 4 is 17.4 Å². The number of benzene rings is 1. The van der Waals surface area contributed by atoms with E-state index in [2.05, 4.69) is 21.8 Å². The summed E-state index contributed by atoms with van der Waals surface area (Å²) in [5.74, 6) is 3.17. The van der Waals surface area contributed by atoms with Crippen molar-refractivity contribution in [2.45, 2.75) is 63.3 Å². The molecule has 3 atom stereocenters. The molecule has 42 heavy (non-hydrogen) atoms. The van der Waals surface area contributed by atoms with Crippen LogP contribution in [0.15, 0.2) is 41.7 Å². The van der Waals surface area contributed by atoms with Gasteiger partial charge in [0.05, 0.1) is 29.1 Å². The zero-order valence-corrected chi connectivity index (χ0v) is 23.7. The van der Waals surface area contributed by atoms with E-state index in [9.17, 15) is 9.59 Å². The molecule has 1 aliphatic heterocycles. The van der Waals surface area contributed by atoms with Crippen LogP contribution in [0.2, 0.25) is 0 Å². The Morgan fingerprint density at radius 1 is 1.26 bits per heavy atom. The summed E-state index contributed by atoms with van der Waals surface area (Å²) < 4.78 is 44.0. The molecule has 2 aromatic rings. The number of allylic oxidation sites excluding steroid dienone is 4. The Hall–Kier alpha value is -4.30. The van der Waals surface area contributed by atoms with Gasteiger partial charge < -0.3 is 25.8 Å². The predicted octanol–water partition coefficient (Wildman–Crippen LogP) is 3.49. The number of alkyl halides is 1. The van der Waals surface area contributed by atoms with Crippen molar-refractivity contribution in [3.63, 3.8) is 0 Å². The normalized spacial score (nSPS) is 23.7. The number of nitrogens with zero attached hydrogens (tertiary/aromatic N) is 3. The van der Waals surface area contributed by atoms with Gasteiger partial charge in [-0.25, -0.2) is 13.8 Å². The lowest BCUT2D eigenvalue weighted by Gasteiger charge is -2.32. The van der Waals surface area contributed by atoms with Crippen LogP contribution in [-0.4, -0.2) is 59.1 Å². The maximum atomic E-state index is 16.9. The minimum atomic E-state index is -2.31. The van der Waals surface area contributed by atoms with Crippen LogP contribution < -0.4 is 16.2 Å². The standard InChI is InChI=1S/C31H33F2N5O4/c1-4-5-24(39)38-15-20(41-3)14-19(38)16-42-30-36-13-11-23(37-30)31(33)12-10-17(2)25(28(31)34)26-21(18-6-7-18)8-9-22(27(26)32)29(35)40/h8-11,13,18-20H,6-7,12,14-16,34H2,1-3H3,(H2,35,40)/t19-,20+,31?/m0/s1. The van der Waals surface area contributed by atoms with E-state index in [-0.39, 0.29) is 71.1 Å². The van der Waals surface area contributed by atoms with Gasteiger partial charge in [-0.1, -0.05) is 18.1 Å². The highest BCUT2D eigenvalue weighted by Crippen LogP contribution is 2.50. The Labute approximate surface area is 243 Å². The quantitative estimate of drug-likeness (QED) is 0.459. The lowest BCUT2D eigenvalue weighted by Crippen LogP contribution is -2.38. The zero-order valence-electron chi connectivity index (χ0n) is 23.7. The molecular weight excluding hydrogens is 544 g/mol. The van der Waals surface area contributed by atoms with Crippen molar-refractivity contribution in [2.75, 3.05) is 20.3 Å². The number of aromatic nitrogens is 2. The van der Waals surface area contributed by atoms with E-state index in [1.54, 1.807) is 38.0 Å². The van der Waals surface area contributed by atoms with Crippen molar-refractivity contribution in [2.24, 2.45) is 11.5 Å². The Morgan fingerprint density at radius 3 is 2.69 bits per heavy atom. The van der Waals surface area contributed by atoms with Gasteiger partial charge in [-0.15, -0.1) is 0 Å². The number of hydrogen-bond acceptors (Lipinski definition) is 7. The summed E-state index contributed by atoms with van der Waals surface area (Å²) in [6.07, 6.45) is 4.93. The Balaban J connectivity index is 1.47. The first kappa shape index (κ1) is 29.2. The van der Waals surface area contributed by atoms with Crippen molar-refractivity contribution in [3.05, 3.63) is 69.9 Å². The number of carbonyl (C=O) groups is 2. The average Bonchev–Trinajstić information content (AvgIpc) is 3.73. The van der Waals surface area contributed by atoms with Gasteiger partial charge in [-0.2, -0.15) is 4.98 Å². The number of hydrogen-bond donors (Lipinski definition) is 2. The van der Waals surface area contributed by atoms with Gasteiger partial charge in [-0.3, -0.25) is 9.59 Å². The molecular formula is C31H33F2N5O4. The summed E-state index contributed by atoms with van der Waals surface area (Å²) in [5, 5.41) is 0. The first-order chi connectivity index (χ1) is 20.1. The van der Waals surface area contributed by atoms with Crippen LogP contribution in [-0.2, 0) is 15.2 Å². The van der Waals surface area contributed by atoms with Crippen molar-refractivity contribution in [1.82, 2.24) is 14.9 Å². The molecule has 220 valence electrons. The molecule has 11 heteroatoms. The fraction of sp³-hybridized carbons (Fsp3) is 0.419. The number of primary amides is 1. The summed E-state index contributed by atoms with van der Waals surface area (Å²) in [5.41, 5.74) is 10.6. The second-order valence-corrected chi connectivity index (χ2v) is 10.8. The Bertz CT molecular complexity index is 1560. The van der Waals surface area contributed by atoms with Gasteiger partial charge in [0.1, 0.15) is 12.4 Å². The number of rotatable bonds is 8. The highest BCUT2D eigenvalue weighted by molar-refractivity contribution is 5.96. The van der Waals surface area contributed by atoms with Crippen LogP contribution in [0.3, 0.4) is 0 Å². The minimum absolute atomic E-state index is 0.0468. The molecule has 1 aromatic carbocycles. The fourth-order valence-electron chi connectivity index (χ4n) is 5.69. The highest BCUT2D eigenvalue weighted by atomic mass is 19.1. The van der Waals surface area contributed by atoms with Gasteiger partial charge in [0.15, 0.2) is 5.67 Å². The summed E-state index contributed by atoms with van der Waals surface area (Å²) >= 11 is 0. The lowest BCUT2D eigenvalue weighted by atomic mass is 9.78. The molecule has 2 aliphatic carbocycles. The second kappa shape index (κ2) is 11.5. The number of ether oxygens (including phenoxy) is 2. The monoisotopic (exact) mass is 577 g/mol. The van der Waals surface area contributed by atoms with Crippen LogP contribution >= 0.6 is 0 Å². The number of halogens is 2. The third kappa shape index (κ3) is 5.34. The van der Waals surface area contributed by atoms with Crippen LogP contribution in [0.4, 0.5) is 8.78 Å². The Morgan fingerprint density at radius 2 is 2.02 bits per heavy atom. The third-order valence-electron chi connectivity index (χ3n) is 8.13. The maximum absolute atomic E-state index is 16.9. The first-order valence-corrected chi connectivity index (χ1v) is 13.8. The summed E-state index contributed by atoms with van der Waals surface area (Å²) in [4.78, 5) is 34.5. The molecule has 5 rings (SSSR count). The fourth-order valence-corrected chi connectivity index (χ4v) is 5.69. The largest absolute Gasteiger partial charge is 0.461 e. The molecule has 1 unspecified atom stereocenters. The molecule has 1 saturated heterocycles. The highest BCUT2D eigenvalue weighted by Gasteiger charge is 2.43. The van der Waals surface area contributed by atoms with Crippen molar-refractivity contribution in [1.29, 1.82) is 0 Å². The van der Waals surface area contributed by atoms with E-state index in [4.69, 9.17) is 20.9 Å². The average molecular weight is 578 g/mol. The topological polar surface area (TPSA) is 134 Å².